The molecule has 25 heavy (non-hydrogen) atoms. The number of benzene rings is 2. The van der Waals surface area contributed by atoms with Crippen molar-refractivity contribution in [2.45, 2.75) is 6.92 Å². The van der Waals surface area contributed by atoms with Crippen molar-refractivity contribution in [3.8, 4) is 17.2 Å². The molecule has 0 aliphatic carbocycles. The summed E-state index contributed by atoms with van der Waals surface area (Å²) in [7, 11) is 1.64. The Balaban J connectivity index is 1.60. The SMILES string of the molecule is COc1ccc2c(NN=Cc3ccc4c(c3)OCO4)cc(C)nc2c1. The summed E-state index contributed by atoms with van der Waals surface area (Å²) in [6.45, 7) is 2.21. The highest BCUT2D eigenvalue weighted by atomic mass is 16.7. The van der Waals surface area contributed by atoms with Gasteiger partial charge in [0.2, 0.25) is 6.79 Å². The quantitative estimate of drug-likeness (QED) is 0.581. The van der Waals surface area contributed by atoms with E-state index < -0.39 is 0 Å². The van der Waals surface area contributed by atoms with Crippen LogP contribution in [0, 0.1) is 6.92 Å². The second kappa shape index (κ2) is 6.32. The Hall–Kier alpha value is -3.28. The Bertz CT molecular complexity index is 970. The molecule has 0 radical (unpaired) electrons. The molecule has 6 nitrogen and oxygen atoms in total. The summed E-state index contributed by atoms with van der Waals surface area (Å²) >= 11 is 0. The fourth-order valence-corrected chi connectivity index (χ4v) is 2.73. The number of hydrogen-bond donors (Lipinski definition) is 1. The summed E-state index contributed by atoms with van der Waals surface area (Å²) in [5.74, 6) is 2.27. The number of nitrogens with one attached hydrogen (secondary N) is 1. The summed E-state index contributed by atoms with van der Waals surface area (Å²) in [6, 6.07) is 13.5. The number of ether oxygens (including phenoxy) is 3. The first-order chi connectivity index (χ1) is 12.2. The number of rotatable bonds is 4. The van der Waals surface area contributed by atoms with Crippen LogP contribution in [0.1, 0.15) is 11.3 Å². The molecule has 0 spiro atoms. The molecular formula is C19H17N3O3. The summed E-state index contributed by atoms with van der Waals surface area (Å²) < 4.78 is 15.9. The number of pyridine rings is 1. The van der Waals surface area contributed by atoms with Crippen LogP contribution in [0.15, 0.2) is 47.6 Å². The standard InChI is InChI=1S/C19H17N3O3/c1-12-7-17(15-5-4-14(23-2)9-16(15)21-12)22-20-10-13-3-6-18-19(8-13)25-11-24-18/h3-10H,11H2,1-2H3,(H,21,22). The highest BCUT2D eigenvalue weighted by Crippen LogP contribution is 2.32. The van der Waals surface area contributed by atoms with Crippen LogP contribution >= 0.6 is 0 Å². The zero-order chi connectivity index (χ0) is 17.2. The number of anilines is 1. The van der Waals surface area contributed by atoms with Gasteiger partial charge in [0, 0.05) is 17.1 Å². The van der Waals surface area contributed by atoms with E-state index in [9.17, 15) is 0 Å². The average molecular weight is 335 g/mol. The van der Waals surface area contributed by atoms with Crippen LogP contribution in [0.25, 0.3) is 10.9 Å². The van der Waals surface area contributed by atoms with E-state index in [1.54, 1.807) is 13.3 Å². The fraction of sp³-hybridized carbons (Fsp3) is 0.158. The zero-order valence-electron chi connectivity index (χ0n) is 13.9. The molecule has 0 unspecified atom stereocenters. The van der Waals surface area contributed by atoms with Crippen LogP contribution < -0.4 is 19.6 Å². The normalized spacial score (nSPS) is 12.7. The second-order valence-electron chi connectivity index (χ2n) is 5.68. The number of fused-ring (bicyclic) bond motifs is 2. The van der Waals surface area contributed by atoms with E-state index in [1.807, 2.05) is 49.4 Å². The van der Waals surface area contributed by atoms with E-state index in [2.05, 4.69) is 15.5 Å². The Labute approximate surface area is 145 Å². The smallest absolute Gasteiger partial charge is 0.231 e. The second-order valence-corrected chi connectivity index (χ2v) is 5.68. The molecule has 4 rings (SSSR count). The van der Waals surface area contributed by atoms with Gasteiger partial charge >= 0.3 is 0 Å². The zero-order valence-corrected chi connectivity index (χ0v) is 13.9. The van der Waals surface area contributed by atoms with Gasteiger partial charge in [0.1, 0.15) is 5.75 Å². The largest absolute Gasteiger partial charge is 0.497 e. The first-order valence-corrected chi connectivity index (χ1v) is 7.87. The van der Waals surface area contributed by atoms with Gasteiger partial charge in [-0.25, -0.2) is 0 Å². The summed E-state index contributed by atoms with van der Waals surface area (Å²) in [5, 5.41) is 5.32. The lowest BCUT2D eigenvalue weighted by Crippen LogP contribution is -1.95. The Morgan fingerprint density at radius 2 is 2.00 bits per heavy atom. The number of hydrazone groups is 1. The maximum absolute atomic E-state index is 5.37. The van der Waals surface area contributed by atoms with E-state index >= 15 is 0 Å². The Kier molecular flexibility index (Phi) is 3.85. The van der Waals surface area contributed by atoms with Crippen molar-refractivity contribution in [2.75, 3.05) is 19.3 Å². The van der Waals surface area contributed by atoms with Gasteiger partial charge in [-0.05, 0) is 48.9 Å². The average Bonchev–Trinajstić information content (AvgIpc) is 3.08. The molecule has 0 amide bonds. The monoisotopic (exact) mass is 335 g/mol. The van der Waals surface area contributed by atoms with Crippen molar-refractivity contribution in [3.05, 3.63) is 53.7 Å². The fourth-order valence-electron chi connectivity index (χ4n) is 2.73. The van der Waals surface area contributed by atoms with Gasteiger partial charge in [-0.2, -0.15) is 5.10 Å². The van der Waals surface area contributed by atoms with Crippen LogP contribution in [0.5, 0.6) is 17.2 Å². The van der Waals surface area contributed by atoms with Gasteiger partial charge in [0.25, 0.3) is 0 Å². The highest BCUT2D eigenvalue weighted by molar-refractivity contribution is 5.93. The Morgan fingerprint density at radius 3 is 2.88 bits per heavy atom. The topological polar surface area (TPSA) is 65.0 Å². The van der Waals surface area contributed by atoms with Crippen molar-refractivity contribution in [3.63, 3.8) is 0 Å². The predicted molar refractivity (Wildman–Crippen MR) is 96.8 cm³/mol. The number of methoxy groups -OCH3 is 1. The molecule has 1 aliphatic rings. The minimum absolute atomic E-state index is 0.264. The molecule has 2 aromatic carbocycles. The lowest BCUT2D eigenvalue weighted by molar-refractivity contribution is 0.174. The van der Waals surface area contributed by atoms with Gasteiger partial charge in [-0.3, -0.25) is 10.4 Å². The Morgan fingerprint density at radius 1 is 1.12 bits per heavy atom. The van der Waals surface area contributed by atoms with Crippen molar-refractivity contribution < 1.29 is 14.2 Å². The van der Waals surface area contributed by atoms with Crippen LogP contribution in [0.4, 0.5) is 5.69 Å². The van der Waals surface area contributed by atoms with Crippen LogP contribution in [0.3, 0.4) is 0 Å². The highest BCUT2D eigenvalue weighted by Gasteiger charge is 2.12. The van der Waals surface area contributed by atoms with E-state index in [-0.39, 0.29) is 6.79 Å². The minimum Gasteiger partial charge on any atom is -0.497 e. The number of hydrogen-bond acceptors (Lipinski definition) is 6. The van der Waals surface area contributed by atoms with Crippen molar-refractivity contribution in [2.24, 2.45) is 5.10 Å². The van der Waals surface area contributed by atoms with Crippen molar-refractivity contribution in [1.29, 1.82) is 0 Å². The molecule has 1 aromatic heterocycles. The number of aromatic nitrogens is 1. The van der Waals surface area contributed by atoms with E-state index in [0.717, 1.165) is 45.1 Å². The maximum atomic E-state index is 5.37. The molecule has 0 fully saturated rings. The van der Waals surface area contributed by atoms with Crippen molar-refractivity contribution in [1.82, 2.24) is 4.98 Å². The predicted octanol–water partition coefficient (Wildman–Crippen LogP) is 3.73. The van der Waals surface area contributed by atoms with E-state index in [0.29, 0.717) is 0 Å². The summed E-state index contributed by atoms with van der Waals surface area (Å²) in [5.41, 5.74) is 6.68. The molecule has 1 aliphatic heterocycles. The summed E-state index contributed by atoms with van der Waals surface area (Å²) in [4.78, 5) is 4.55. The van der Waals surface area contributed by atoms with Crippen LogP contribution in [-0.2, 0) is 0 Å². The molecule has 1 N–H and O–H groups in total. The molecule has 126 valence electrons. The molecule has 0 bridgehead atoms. The minimum atomic E-state index is 0.264. The third kappa shape index (κ3) is 3.06. The molecular weight excluding hydrogens is 318 g/mol. The third-order valence-corrected chi connectivity index (χ3v) is 3.94. The molecule has 3 aromatic rings. The van der Waals surface area contributed by atoms with Crippen LogP contribution in [-0.4, -0.2) is 25.1 Å². The van der Waals surface area contributed by atoms with Gasteiger partial charge in [0.15, 0.2) is 11.5 Å². The number of aryl methyl sites for hydroxylation is 1. The van der Waals surface area contributed by atoms with Gasteiger partial charge < -0.3 is 14.2 Å². The molecule has 0 saturated carbocycles. The van der Waals surface area contributed by atoms with Crippen LogP contribution in [0.2, 0.25) is 0 Å². The van der Waals surface area contributed by atoms with Crippen molar-refractivity contribution >= 4 is 22.8 Å². The molecule has 6 heteroatoms. The van der Waals surface area contributed by atoms with E-state index in [4.69, 9.17) is 14.2 Å². The molecule has 0 saturated heterocycles. The first kappa shape index (κ1) is 15.3. The molecule has 2 heterocycles. The number of nitrogens with zero attached hydrogens (tertiary/aromatic N) is 2. The third-order valence-electron chi connectivity index (χ3n) is 3.94. The van der Waals surface area contributed by atoms with Gasteiger partial charge in [0.05, 0.1) is 24.5 Å². The molecule has 0 atom stereocenters. The summed E-state index contributed by atoms with van der Waals surface area (Å²) in [6.07, 6.45) is 1.74. The van der Waals surface area contributed by atoms with E-state index in [1.165, 1.54) is 0 Å². The lowest BCUT2D eigenvalue weighted by Gasteiger charge is -2.08. The van der Waals surface area contributed by atoms with Gasteiger partial charge in [-0.15, -0.1) is 0 Å². The van der Waals surface area contributed by atoms with Gasteiger partial charge in [-0.1, -0.05) is 0 Å². The first-order valence-electron chi connectivity index (χ1n) is 7.87. The maximum Gasteiger partial charge on any atom is 0.231 e. The lowest BCUT2D eigenvalue weighted by atomic mass is 10.1.